The number of halogens is 1. The van der Waals surface area contributed by atoms with Crippen LogP contribution >= 0.6 is 11.6 Å². The summed E-state index contributed by atoms with van der Waals surface area (Å²) in [6.45, 7) is -0.421. The van der Waals surface area contributed by atoms with E-state index in [0.29, 0.717) is 6.42 Å². The van der Waals surface area contributed by atoms with Crippen molar-refractivity contribution in [2.24, 2.45) is 0 Å². The molecule has 1 heterocycles. The van der Waals surface area contributed by atoms with Crippen LogP contribution in [0.25, 0.3) is 0 Å². The number of nitro benzene ring substituents is 1. The van der Waals surface area contributed by atoms with Crippen molar-refractivity contribution in [3.05, 3.63) is 33.3 Å². The summed E-state index contributed by atoms with van der Waals surface area (Å²) < 4.78 is 28.1. The third kappa shape index (κ3) is 4.32. The van der Waals surface area contributed by atoms with Crippen LogP contribution in [0, 0.1) is 10.1 Å². The van der Waals surface area contributed by atoms with Gasteiger partial charge in [-0.05, 0) is 18.6 Å². The molecule has 2 rings (SSSR count). The number of nitrogens with zero attached hydrogens (tertiary/aromatic N) is 2. The zero-order valence-corrected chi connectivity index (χ0v) is 13.8. The van der Waals surface area contributed by atoms with E-state index in [1.807, 2.05) is 0 Å². The van der Waals surface area contributed by atoms with E-state index in [4.69, 9.17) is 16.3 Å². The largest absolute Gasteiger partial charge is 0.477 e. The number of hydrogen-bond acceptors (Lipinski definition) is 6. The van der Waals surface area contributed by atoms with Crippen molar-refractivity contribution in [1.29, 1.82) is 0 Å². The van der Waals surface area contributed by atoms with Gasteiger partial charge in [-0.15, -0.1) is 0 Å². The van der Waals surface area contributed by atoms with Gasteiger partial charge in [-0.1, -0.05) is 11.6 Å². The molecule has 1 saturated heterocycles. The maximum Gasteiger partial charge on any atom is 0.312 e. The Hall–Kier alpha value is -1.87. The van der Waals surface area contributed by atoms with Crippen LogP contribution in [0.4, 0.5) is 5.69 Å². The molecule has 0 saturated carbocycles. The number of carbonyl (C=O) groups is 1. The Bertz CT molecular complexity index is 736. The second-order valence-corrected chi connectivity index (χ2v) is 7.88. The first-order valence-corrected chi connectivity index (χ1v) is 8.92. The molecule has 10 heteroatoms. The van der Waals surface area contributed by atoms with Gasteiger partial charge in [0.1, 0.15) is 0 Å². The van der Waals surface area contributed by atoms with Gasteiger partial charge in [0, 0.05) is 24.2 Å². The lowest BCUT2D eigenvalue weighted by atomic mass is 10.2. The van der Waals surface area contributed by atoms with E-state index in [0.717, 1.165) is 6.07 Å². The highest BCUT2D eigenvalue weighted by Gasteiger charge is 2.33. The number of sulfone groups is 1. The quantitative estimate of drug-likeness (QED) is 0.576. The summed E-state index contributed by atoms with van der Waals surface area (Å²) in [6, 6.07) is 3.47. The summed E-state index contributed by atoms with van der Waals surface area (Å²) in [5, 5.41) is 11.1. The summed E-state index contributed by atoms with van der Waals surface area (Å²) in [6.07, 6.45) is 0.381. The molecule has 1 atom stereocenters. The first-order valence-electron chi connectivity index (χ1n) is 6.72. The van der Waals surface area contributed by atoms with Crippen LogP contribution in [0.1, 0.15) is 6.42 Å². The molecule has 0 unspecified atom stereocenters. The smallest absolute Gasteiger partial charge is 0.312 e. The fourth-order valence-corrected chi connectivity index (χ4v) is 4.22. The predicted molar refractivity (Wildman–Crippen MR) is 83.4 cm³/mol. The van der Waals surface area contributed by atoms with Crippen molar-refractivity contribution in [3.63, 3.8) is 0 Å². The van der Waals surface area contributed by atoms with Crippen LogP contribution in [0.5, 0.6) is 5.75 Å². The maximum atomic E-state index is 12.1. The zero-order chi connectivity index (χ0) is 17.2. The highest BCUT2D eigenvalue weighted by molar-refractivity contribution is 7.91. The van der Waals surface area contributed by atoms with Gasteiger partial charge in [0.15, 0.2) is 22.2 Å². The lowest BCUT2D eigenvalue weighted by Crippen LogP contribution is -2.40. The van der Waals surface area contributed by atoms with Crippen LogP contribution in [0.2, 0.25) is 5.02 Å². The Morgan fingerprint density at radius 2 is 2.22 bits per heavy atom. The molecule has 126 valence electrons. The normalized spacial score (nSPS) is 19.3. The van der Waals surface area contributed by atoms with E-state index in [-0.39, 0.29) is 28.0 Å². The van der Waals surface area contributed by atoms with Gasteiger partial charge in [0.25, 0.3) is 5.91 Å². The third-order valence-electron chi connectivity index (χ3n) is 3.62. The number of carbonyl (C=O) groups excluding carboxylic acids is 1. The van der Waals surface area contributed by atoms with Crippen molar-refractivity contribution in [2.75, 3.05) is 25.2 Å². The molecule has 0 N–H and O–H groups in total. The highest BCUT2D eigenvalue weighted by atomic mass is 35.5. The number of rotatable bonds is 5. The minimum Gasteiger partial charge on any atom is -0.477 e. The van der Waals surface area contributed by atoms with Crippen molar-refractivity contribution in [2.45, 2.75) is 12.5 Å². The topological polar surface area (TPSA) is 107 Å². The average Bonchev–Trinajstić information content (AvgIpc) is 2.84. The molecule has 8 nitrogen and oxygen atoms in total. The van der Waals surface area contributed by atoms with Crippen LogP contribution in [0.3, 0.4) is 0 Å². The molecule has 1 fully saturated rings. The van der Waals surface area contributed by atoms with E-state index in [1.54, 1.807) is 0 Å². The molecule has 1 aliphatic rings. The van der Waals surface area contributed by atoms with Crippen LogP contribution in [-0.2, 0) is 14.6 Å². The van der Waals surface area contributed by atoms with Gasteiger partial charge in [0.2, 0.25) is 0 Å². The van der Waals surface area contributed by atoms with Crippen molar-refractivity contribution < 1.29 is 22.9 Å². The number of amides is 1. The maximum absolute atomic E-state index is 12.1. The fourth-order valence-electron chi connectivity index (χ4n) is 2.28. The van der Waals surface area contributed by atoms with Gasteiger partial charge >= 0.3 is 5.69 Å². The second-order valence-electron chi connectivity index (χ2n) is 5.22. The van der Waals surface area contributed by atoms with Crippen molar-refractivity contribution in [3.8, 4) is 5.75 Å². The average molecular weight is 363 g/mol. The van der Waals surface area contributed by atoms with Gasteiger partial charge in [-0.3, -0.25) is 14.9 Å². The molecule has 23 heavy (non-hydrogen) atoms. The first-order chi connectivity index (χ1) is 10.7. The van der Waals surface area contributed by atoms with Crippen molar-refractivity contribution in [1.82, 2.24) is 4.90 Å². The number of benzene rings is 1. The molecular formula is C13H15ClN2O6S. The second kappa shape index (κ2) is 6.71. The number of nitro groups is 1. The van der Waals surface area contributed by atoms with Gasteiger partial charge in [0.05, 0.1) is 16.4 Å². The first kappa shape index (κ1) is 17.5. The summed E-state index contributed by atoms with van der Waals surface area (Å²) in [7, 11) is -1.61. The van der Waals surface area contributed by atoms with Gasteiger partial charge < -0.3 is 9.64 Å². The zero-order valence-electron chi connectivity index (χ0n) is 12.3. The molecule has 0 spiro atoms. The Balaban J connectivity index is 2.01. The Kier molecular flexibility index (Phi) is 5.10. The van der Waals surface area contributed by atoms with E-state index >= 15 is 0 Å². The summed E-state index contributed by atoms with van der Waals surface area (Å²) >= 11 is 5.69. The Labute approximate surface area is 138 Å². The number of ether oxygens (including phenoxy) is 1. The molecule has 1 aromatic carbocycles. The molecule has 1 aliphatic heterocycles. The van der Waals surface area contributed by atoms with E-state index < -0.39 is 33.3 Å². The van der Waals surface area contributed by atoms with Gasteiger partial charge in [-0.25, -0.2) is 8.42 Å². The van der Waals surface area contributed by atoms with E-state index in [2.05, 4.69) is 0 Å². The fraction of sp³-hybridized carbons (Fsp3) is 0.462. The van der Waals surface area contributed by atoms with Crippen LogP contribution in [0.15, 0.2) is 18.2 Å². The van der Waals surface area contributed by atoms with E-state index in [9.17, 15) is 23.3 Å². The molecule has 0 radical (unpaired) electrons. The van der Waals surface area contributed by atoms with Gasteiger partial charge in [-0.2, -0.15) is 0 Å². The summed E-state index contributed by atoms with van der Waals surface area (Å²) in [5.41, 5.74) is -0.337. The number of likely N-dealkylation sites (N-methyl/N-ethyl adjacent to an activating group) is 1. The van der Waals surface area contributed by atoms with E-state index in [1.165, 1.54) is 24.1 Å². The molecule has 0 bridgehead atoms. The summed E-state index contributed by atoms with van der Waals surface area (Å²) in [4.78, 5) is 23.7. The van der Waals surface area contributed by atoms with Crippen LogP contribution < -0.4 is 4.74 Å². The molecular weight excluding hydrogens is 348 g/mol. The predicted octanol–water partition coefficient (Wildman–Crippen LogP) is 1.27. The van der Waals surface area contributed by atoms with Crippen LogP contribution in [-0.4, -0.2) is 55.4 Å². The highest BCUT2D eigenvalue weighted by Crippen LogP contribution is 2.30. The monoisotopic (exact) mass is 362 g/mol. The summed E-state index contributed by atoms with van der Waals surface area (Å²) in [5.74, 6) is -0.536. The Morgan fingerprint density at radius 1 is 1.52 bits per heavy atom. The van der Waals surface area contributed by atoms with Crippen molar-refractivity contribution >= 4 is 33.0 Å². The lowest BCUT2D eigenvalue weighted by molar-refractivity contribution is -0.385. The Morgan fingerprint density at radius 3 is 2.78 bits per heavy atom. The molecule has 0 aromatic heterocycles. The standard InChI is InChI=1S/C13H15ClN2O6S/c1-15(10-4-5-23(20,21)8-10)13(17)7-22-12-3-2-9(14)6-11(12)16(18)19/h2-3,6,10H,4-5,7-8H2,1H3/t10-/m1/s1. The molecule has 0 aliphatic carbocycles. The minimum absolute atomic E-state index is 0.0544. The number of hydrogen-bond donors (Lipinski definition) is 0. The minimum atomic E-state index is -3.10. The lowest BCUT2D eigenvalue weighted by Gasteiger charge is -2.23. The SMILES string of the molecule is CN(C(=O)COc1ccc(Cl)cc1[N+](=O)[O-])[C@@H]1CCS(=O)(=O)C1. The third-order valence-corrected chi connectivity index (χ3v) is 5.60. The molecule has 1 amide bonds. The molecule has 1 aromatic rings.